The molecule has 0 radical (unpaired) electrons. The molecule has 0 atom stereocenters. The maximum atomic E-state index is 5.27. The summed E-state index contributed by atoms with van der Waals surface area (Å²) in [5, 5.41) is 3.71. The van der Waals surface area contributed by atoms with Crippen LogP contribution < -0.4 is 0 Å². The fourth-order valence-electron chi connectivity index (χ4n) is 8.62. The molecule has 4 heterocycles. The maximum Gasteiger partial charge on any atom is 0.0788 e. The third-order valence-corrected chi connectivity index (χ3v) is 11.2. The van der Waals surface area contributed by atoms with Crippen molar-refractivity contribution in [3.63, 3.8) is 0 Å². The van der Waals surface area contributed by atoms with E-state index < -0.39 is 0 Å². The molecule has 0 N–H and O–H groups in total. The van der Waals surface area contributed by atoms with Crippen molar-refractivity contribution in [1.29, 1.82) is 0 Å². The molecule has 0 saturated carbocycles. The van der Waals surface area contributed by atoms with Crippen molar-refractivity contribution in [2.24, 2.45) is 0 Å². The molecule has 4 aromatic heterocycles. The number of hydrogen-bond donors (Lipinski definition) is 0. The van der Waals surface area contributed by atoms with Gasteiger partial charge in [0.2, 0.25) is 0 Å². The van der Waals surface area contributed by atoms with Gasteiger partial charge in [0.15, 0.2) is 0 Å². The molecule has 0 amide bonds. The number of benzene rings is 6. The summed E-state index contributed by atoms with van der Waals surface area (Å²) in [5.74, 6) is 0. The summed E-state index contributed by atoms with van der Waals surface area (Å²) in [6, 6.07) is 64.7. The first-order chi connectivity index (χ1) is 27.8. The average molecular weight is 717 g/mol. The van der Waals surface area contributed by atoms with Crippen molar-refractivity contribution < 1.29 is 0 Å². The van der Waals surface area contributed by atoms with E-state index in [4.69, 9.17) is 9.97 Å². The van der Waals surface area contributed by atoms with Gasteiger partial charge in [0, 0.05) is 44.1 Å². The minimum atomic E-state index is 0.937. The Bertz CT molecular complexity index is 2990. The van der Waals surface area contributed by atoms with Crippen molar-refractivity contribution in [3.05, 3.63) is 199 Å². The first-order valence-electron chi connectivity index (χ1n) is 19.3. The Hall–Kier alpha value is -7.30. The fraction of sp³-hybridized carbons (Fsp3) is 0.0385. The minimum absolute atomic E-state index is 0.937. The highest BCUT2D eigenvalue weighted by Gasteiger charge is 2.25. The van der Waals surface area contributed by atoms with Crippen molar-refractivity contribution in [2.45, 2.75) is 12.8 Å². The second-order valence-corrected chi connectivity index (χ2v) is 14.5. The Labute approximate surface area is 325 Å². The lowest BCUT2D eigenvalue weighted by Gasteiger charge is -2.17. The number of nitrogens with zero attached hydrogens (tertiary/aromatic N) is 4. The zero-order valence-electron chi connectivity index (χ0n) is 30.7. The van der Waals surface area contributed by atoms with Gasteiger partial charge >= 0.3 is 0 Å². The fourth-order valence-corrected chi connectivity index (χ4v) is 8.62. The Morgan fingerprint density at radius 3 is 1.34 bits per heavy atom. The first kappa shape index (κ1) is 32.2. The average Bonchev–Trinajstić information content (AvgIpc) is 3.81. The molecule has 0 unspecified atom stereocenters. The number of hydrogen-bond acceptors (Lipinski definition) is 2. The van der Waals surface area contributed by atoms with E-state index in [-0.39, 0.29) is 0 Å². The van der Waals surface area contributed by atoms with Crippen LogP contribution in [-0.4, -0.2) is 19.1 Å². The van der Waals surface area contributed by atoms with Gasteiger partial charge in [0.05, 0.1) is 50.7 Å². The van der Waals surface area contributed by atoms with E-state index >= 15 is 0 Å². The third kappa shape index (κ3) is 5.30. The molecule has 10 aromatic rings. The van der Waals surface area contributed by atoms with E-state index in [9.17, 15) is 0 Å². The Kier molecular flexibility index (Phi) is 7.59. The number of pyridine rings is 2. The van der Waals surface area contributed by atoms with Crippen molar-refractivity contribution in [2.75, 3.05) is 0 Å². The standard InChI is InChI=1S/C52H36N4/c1-5-17-35(18-6-1)45-31-39(32-46(53-45)36-19-7-2-8-20-36)55-49-27-15-13-25-41(49)43-29-30-44-42-26-14-16-28-50(42)56(52(44)51(43)55)40-33-47(37-21-9-3-10-22-37)54-48(34-40)38-23-11-4-12-24-38/h1-13,15-25,27-34H,14,26H2. The number of aromatic nitrogens is 4. The van der Waals surface area contributed by atoms with Crippen LogP contribution in [-0.2, 0) is 6.42 Å². The molecule has 0 saturated heterocycles. The molecule has 0 fully saturated rings. The summed E-state index contributed by atoms with van der Waals surface area (Å²) in [6.07, 6.45) is 6.65. The zero-order valence-corrected chi connectivity index (χ0v) is 30.7. The minimum Gasteiger partial charge on any atom is -0.307 e. The molecular formula is C52H36N4. The largest absolute Gasteiger partial charge is 0.307 e. The SMILES string of the molecule is C1=Cc2c(c3ccc4c5ccccc5n(-c5cc(-c6ccccc6)nc(-c6ccccc6)c5)c4c3n2-c2cc(-c3ccccc3)nc(-c3ccccc3)c2)CC1. The molecule has 4 heteroatoms. The Morgan fingerprint density at radius 2 is 0.821 bits per heavy atom. The Morgan fingerprint density at radius 1 is 0.393 bits per heavy atom. The van der Waals surface area contributed by atoms with Gasteiger partial charge in [-0.05, 0) is 54.8 Å². The zero-order chi connectivity index (χ0) is 37.0. The number of fused-ring (bicyclic) bond motifs is 7. The highest BCUT2D eigenvalue weighted by Crippen LogP contribution is 2.43. The van der Waals surface area contributed by atoms with Gasteiger partial charge in [0.1, 0.15) is 0 Å². The van der Waals surface area contributed by atoms with Crippen LogP contribution in [0.15, 0.2) is 188 Å². The van der Waals surface area contributed by atoms with E-state index in [2.05, 4.69) is 203 Å². The number of allylic oxidation sites excluding steroid dienone is 1. The molecule has 4 nitrogen and oxygen atoms in total. The van der Waals surface area contributed by atoms with E-state index in [0.717, 1.165) is 74.8 Å². The summed E-state index contributed by atoms with van der Waals surface area (Å²) in [4.78, 5) is 10.5. The molecule has 1 aliphatic carbocycles. The van der Waals surface area contributed by atoms with Crippen LogP contribution in [0.5, 0.6) is 0 Å². The molecule has 11 rings (SSSR count). The molecule has 0 aliphatic heterocycles. The number of aryl methyl sites for hydroxylation is 1. The van der Waals surface area contributed by atoms with Crippen LogP contribution in [0.4, 0.5) is 0 Å². The molecule has 264 valence electrons. The van der Waals surface area contributed by atoms with Gasteiger partial charge < -0.3 is 9.13 Å². The van der Waals surface area contributed by atoms with E-state index in [0.29, 0.717) is 0 Å². The molecule has 6 aromatic carbocycles. The van der Waals surface area contributed by atoms with Crippen molar-refractivity contribution >= 4 is 38.8 Å². The highest BCUT2D eigenvalue weighted by atomic mass is 15.1. The lowest BCUT2D eigenvalue weighted by atomic mass is 10.00. The Balaban J connectivity index is 1.28. The molecular weight excluding hydrogens is 681 g/mol. The quantitative estimate of drug-likeness (QED) is 0.172. The van der Waals surface area contributed by atoms with E-state index in [1.165, 1.54) is 38.4 Å². The van der Waals surface area contributed by atoms with Crippen LogP contribution in [0.2, 0.25) is 0 Å². The number of para-hydroxylation sites is 1. The van der Waals surface area contributed by atoms with Gasteiger partial charge in [0.25, 0.3) is 0 Å². The van der Waals surface area contributed by atoms with Crippen LogP contribution in [0.3, 0.4) is 0 Å². The monoisotopic (exact) mass is 716 g/mol. The summed E-state index contributed by atoms with van der Waals surface area (Å²) < 4.78 is 4.99. The smallest absolute Gasteiger partial charge is 0.0788 e. The van der Waals surface area contributed by atoms with Crippen LogP contribution in [0.25, 0.3) is 95.2 Å². The van der Waals surface area contributed by atoms with Gasteiger partial charge in [-0.25, -0.2) is 9.97 Å². The summed E-state index contributed by atoms with van der Waals surface area (Å²) in [5.41, 5.74) is 16.4. The number of rotatable bonds is 6. The highest BCUT2D eigenvalue weighted by molar-refractivity contribution is 6.19. The second-order valence-electron chi connectivity index (χ2n) is 14.5. The van der Waals surface area contributed by atoms with E-state index in [1.54, 1.807) is 0 Å². The summed E-state index contributed by atoms with van der Waals surface area (Å²) in [7, 11) is 0. The maximum absolute atomic E-state index is 5.27. The predicted molar refractivity (Wildman–Crippen MR) is 232 cm³/mol. The summed E-state index contributed by atoms with van der Waals surface area (Å²) >= 11 is 0. The van der Waals surface area contributed by atoms with Crippen molar-refractivity contribution in [3.8, 4) is 56.4 Å². The first-order valence-corrected chi connectivity index (χ1v) is 19.3. The van der Waals surface area contributed by atoms with Crippen LogP contribution in [0, 0.1) is 0 Å². The molecule has 56 heavy (non-hydrogen) atoms. The lowest BCUT2D eigenvalue weighted by molar-refractivity contribution is 0.966. The van der Waals surface area contributed by atoms with Gasteiger partial charge in [-0.1, -0.05) is 158 Å². The lowest BCUT2D eigenvalue weighted by Crippen LogP contribution is -2.04. The van der Waals surface area contributed by atoms with E-state index in [1.807, 2.05) is 0 Å². The van der Waals surface area contributed by atoms with Crippen LogP contribution in [0.1, 0.15) is 17.7 Å². The summed E-state index contributed by atoms with van der Waals surface area (Å²) in [6.45, 7) is 0. The second kappa shape index (κ2) is 13.2. The van der Waals surface area contributed by atoms with Crippen molar-refractivity contribution in [1.82, 2.24) is 19.1 Å². The molecule has 1 aliphatic rings. The van der Waals surface area contributed by atoms with Crippen LogP contribution >= 0.6 is 0 Å². The third-order valence-electron chi connectivity index (χ3n) is 11.2. The topological polar surface area (TPSA) is 35.6 Å². The van der Waals surface area contributed by atoms with Gasteiger partial charge in [-0.15, -0.1) is 0 Å². The molecule has 0 spiro atoms. The van der Waals surface area contributed by atoms with Gasteiger partial charge in [-0.2, -0.15) is 0 Å². The van der Waals surface area contributed by atoms with Gasteiger partial charge in [-0.3, -0.25) is 0 Å². The molecule has 0 bridgehead atoms. The normalized spacial score (nSPS) is 12.4. The predicted octanol–water partition coefficient (Wildman–Crippen LogP) is 13.1.